The van der Waals surface area contributed by atoms with E-state index >= 15 is 0 Å². The number of hydrogen-bond donors (Lipinski definition) is 0. The minimum absolute atomic E-state index is 0.0171. The van der Waals surface area contributed by atoms with Crippen molar-refractivity contribution in [3.05, 3.63) is 23.8 Å². The molecule has 0 radical (unpaired) electrons. The zero-order valence-corrected chi connectivity index (χ0v) is 10.8. The van der Waals surface area contributed by atoms with Crippen LogP contribution in [0.2, 0.25) is 0 Å². The molecule has 0 unspecified atom stereocenters. The first kappa shape index (κ1) is 12.4. The summed E-state index contributed by atoms with van der Waals surface area (Å²) in [6.07, 6.45) is 0. The molecule has 96 valence electrons. The molecule has 0 N–H and O–H groups in total. The van der Waals surface area contributed by atoms with Gasteiger partial charge in [-0.15, -0.1) is 0 Å². The van der Waals surface area contributed by atoms with Gasteiger partial charge in [0.15, 0.2) is 6.61 Å². The molecule has 1 aromatic rings. The molecule has 0 spiro atoms. The Morgan fingerprint density at radius 2 is 2.17 bits per heavy atom. The molecule has 0 bridgehead atoms. The fourth-order valence-electron chi connectivity index (χ4n) is 1.76. The molecular formula is C13H16N2O3. The molecule has 0 aliphatic carbocycles. The molecular weight excluding hydrogens is 232 g/mol. The topological polar surface area (TPSA) is 49.9 Å². The van der Waals surface area contributed by atoms with Crippen LogP contribution < -0.4 is 9.64 Å². The number of amides is 2. The van der Waals surface area contributed by atoms with Gasteiger partial charge in [-0.05, 0) is 24.6 Å². The summed E-state index contributed by atoms with van der Waals surface area (Å²) in [7, 11) is 3.34. The normalized spacial score (nSPS) is 13.9. The van der Waals surface area contributed by atoms with Gasteiger partial charge < -0.3 is 9.64 Å². The fraction of sp³-hybridized carbons (Fsp3) is 0.385. The number of benzene rings is 1. The van der Waals surface area contributed by atoms with Gasteiger partial charge in [0.25, 0.3) is 5.91 Å². The van der Waals surface area contributed by atoms with Crippen LogP contribution in [0.5, 0.6) is 5.75 Å². The molecule has 0 saturated carbocycles. The number of carbonyl (C=O) groups is 2. The lowest BCUT2D eigenvalue weighted by Gasteiger charge is -2.29. The average Bonchev–Trinajstić information content (AvgIpc) is 2.32. The Balaban J connectivity index is 2.33. The lowest BCUT2D eigenvalue weighted by molar-refractivity contribution is -0.130. The van der Waals surface area contributed by atoms with E-state index in [4.69, 9.17) is 4.74 Å². The van der Waals surface area contributed by atoms with Crippen LogP contribution in [0.3, 0.4) is 0 Å². The smallest absolute Gasteiger partial charge is 0.265 e. The van der Waals surface area contributed by atoms with Gasteiger partial charge in [-0.25, -0.2) is 0 Å². The van der Waals surface area contributed by atoms with Gasteiger partial charge in [0.2, 0.25) is 5.91 Å². The predicted octanol–water partition coefficient (Wildman–Crippen LogP) is 0.809. The molecule has 0 aromatic heterocycles. The fourth-order valence-corrected chi connectivity index (χ4v) is 1.76. The third-order valence-electron chi connectivity index (χ3n) is 2.85. The standard InChI is InChI=1S/C13H16N2O3/c1-9-4-5-11-10(6-9)15(13(17)8-18-11)7-12(16)14(2)3/h4-6H,7-8H2,1-3H3. The van der Waals surface area contributed by atoms with Gasteiger partial charge in [0, 0.05) is 14.1 Å². The molecule has 5 heteroatoms. The monoisotopic (exact) mass is 248 g/mol. The van der Waals surface area contributed by atoms with Crippen LogP contribution in [0.25, 0.3) is 0 Å². The number of likely N-dealkylation sites (N-methyl/N-ethyl adjacent to an activating group) is 1. The number of fused-ring (bicyclic) bond motifs is 1. The van der Waals surface area contributed by atoms with E-state index in [-0.39, 0.29) is 25.0 Å². The van der Waals surface area contributed by atoms with Crippen molar-refractivity contribution in [1.29, 1.82) is 0 Å². The summed E-state index contributed by atoms with van der Waals surface area (Å²) in [6, 6.07) is 5.60. The zero-order chi connectivity index (χ0) is 13.3. The van der Waals surface area contributed by atoms with Crippen molar-refractivity contribution >= 4 is 17.5 Å². The minimum atomic E-state index is -0.191. The molecule has 5 nitrogen and oxygen atoms in total. The number of hydrogen-bond acceptors (Lipinski definition) is 3. The molecule has 1 aromatic carbocycles. The number of aryl methyl sites for hydroxylation is 1. The van der Waals surface area contributed by atoms with E-state index in [0.717, 1.165) is 5.56 Å². The van der Waals surface area contributed by atoms with Crippen LogP contribution in [0.15, 0.2) is 18.2 Å². The molecule has 1 heterocycles. The van der Waals surface area contributed by atoms with Crippen molar-refractivity contribution in [3.63, 3.8) is 0 Å². The average molecular weight is 248 g/mol. The highest BCUT2D eigenvalue weighted by Gasteiger charge is 2.27. The summed E-state index contributed by atoms with van der Waals surface area (Å²) in [6.45, 7) is 1.97. The Bertz CT molecular complexity index is 497. The summed E-state index contributed by atoms with van der Waals surface area (Å²) in [5, 5.41) is 0. The second-order valence-corrected chi connectivity index (χ2v) is 4.53. The summed E-state index contributed by atoms with van der Waals surface area (Å²) < 4.78 is 5.35. The van der Waals surface area contributed by atoms with Crippen molar-refractivity contribution in [2.24, 2.45) is 0 Å². The Labute approximate surface area is 106 Å². The summed E-state index contributed by atoms with van der Waals surface area (Å²) in [4.78, 5) is 26.5. The molecule has 1 aliphatic heterocycles. The highest BCUT2D eigenvalue weighted by molar-refractivity contribution is 6.02. The third kappa shape index (κ3) is 2.30. The van der Waals surface area contributed by atoms with Crippen LogP contribution in [0, 0.1) is 6.92 Å². The number of carbonyl (C=O) groups excluding carboxylic acids is 2. The second-order valence-electron chi connectivity index (χ2n) is 4.53. The maximum Gasteiger partial charge on any atom is 0.265 e. The Hall–Kier alpha value is -2.04. The van der Waals surface area contributed by atoms with Gasteiger partial charge in [0.1, 0.15) is 12.3 Å². The van der Waals surface area contributed by atoms with Crippen LogP contribution in [0.4, 0.5) is 5.69 Å². The van der Waals surface area contributed by atoms with E-state index in [2.05, 4.69) is 0 Å². The molecule has 1 aliphatic rings. The largest absolute Gasteiger partial charge is 0.482 e. The number of anilines is 1. The highest BCUT2D eigenvalue weighted by atomic mass is 16.5. The van der Waals surface area contributed by atoms with Gasteiger partial charge in [-0.1, -0.05) is 6.07 Å². The molecule has 0 saturated heterocycles. The maximum absolute atomic E-state index is 11.9. The van der Waals surface area contributed by atoms with E-state index in [1.807, 2.05) is 25.1 Å². The molecule has 0 atom stereocenters. The van der Waals surface area contributed by atoms with E-state index in [1.54, 1.807) is 14.1 Å². The molecule has 0 fully saturated rings. The number of ether oxygens (including phenoxy) is 1. The van der Waals surface area contributed by atoms with Crippen LogP contribution in [0.1, 0.15) is 5.56 Å². The lowest BCUT2D eigenvalue weighted by atomic mass is 10.1. The highest BCUT2D eigenvalue weighted by Crippen LogP contribution is 2.32. The number of rotatable bonds is 2. The van der Waals surface area contributed by atoms with Gasteiger partial charge in [-0.2, -0.15) is 0 Å². The first-order valence-electron chi connectivity index (χ1n) is 5.73. The quantitative estimate of drug-likeness (QED) is 0.778. The van der Waals surface area contributed by atoms with Crippen LogP contribution >= 0.6 is 0 Å². The van der Waals surface area contributed by atoms with Crippen molar-refractivity contribution in [3.8, 4) is 5.75 Å². The van der Waals surface area contributed by atoms with Gasteiger partial charge in [-0.3, -0.25) is 14.5 Å². The third-order valence-corrected chi connectivity index (χ3v) is 2.85. The summed E-state index contributed by atoms with van der Waals surface area (Å²) in [5.74, 6) is 0.341. The van der Waals surface area contributed by atoms with Crippen molar-refractivity contribution in [1.82, 2.24) is 4.90 Å². The minimum Gasteiger partial charge on any atom is -0.482 e. The van der Waals surface area contributed by atoms with E-state index in [0.29, 0.717) is 11.4 Å². The summed E-state index contributed by atoms with van der Waals surface area (Å²) in [5.41, 5.74) is 1.69. The molecule has 18 heavy (non-hydrogen) atoms. The van der Waals surface area contributed by atoms with Gasteiger partial charge in [0.05, 0.1) is 5.69 Å². The Morgan fingerprint density at radius 1 is 1.44 bits per heavy atom. The zero-order valence-electron chi connectivity index (χ0n) is 10.8. The van der Waals surface area contributed by atoms with Crippen molar-refractivity contribution in [2.75, 3.05) is 32.1 Å². The SMILES string of the molecule is Cc1ccc2c(c1)N(CC(=O)N(C)C)C(=O)CO2. The summed E-state index contributed by atoms with van der Waals surface area (Å²) >= 11 is 0. The first-order chi connectivity index (χ1) is 8.49. The number of nitrogens with zero attached hydrogens (tertiary/aromatic N) is 2. The predicted molar refractivity (Wildman–Crippen MR) is 67.7 cm³/mol. The van der Waals surface area contributed by atoms with Crippen LogP contribution in [-0.2, 0) is 9.59 Å². The van der Waals surface area contributed by atoms with E-state index in [9.17, 15) is 9.59 Å². The Kier molecular flexibility index (Phi) is 3.23. The van der Waals surface area contributed by atoms with Crippen molar-refractivity contribution < 1.29 is 14.3 Å². The van der Waals surface area contributed by atoms with Crippen molar-refractivity contribution in [2.45, 2.75) is 6.92 Å². The lowest BCUT2D eigenvalue weighted by Crippen LogP contribution is -2.44. The molecule has 2 rings (SSSR count). The first-order valence-corrected chi connectivity index (χ1v) is 5.73. The van der Waals surface area contributed by atoms with Crippen LogP contribution in [-0.4, -0.2) is 44.0 Å². The molecule has 2 amide bonds. The Morgan fingerprint density at radius 3 is 2.83 bits per heavy atom. The van der Waals surface area contributed by atoms with Gasteiger partial charge >= 0.3 is 0 Å². The second kappa shape index (κ2) is 4.68. The maximum atomic E-state index is 11.9. The van der Waals surface area contributed by atoms with E-state index in [1.165, 1.54) is 9.80 Å². The van der Waals surface area contributed by atoms with E-state index < -0.39 is 0 Å².